The van der Waals surface area contributed by atoms with Crippen LogP contribution in [-0.4, -0.2) is 30.3 Å². The molecule has 1 heterocycles. The molecule has 0 unspecified atom stereocenters. The number of carbonyl (C=O) groups excluding carboxylic acids is 1. The minimum atomic E-state index is 0.345. The van der Waals surface area contributed by atoms with Crippen LogP contribution in [0.4, 0.5) is 0 Å². The van der Waals surface area contributed by atoms with Crippen molar-refractivity contribution in [1.82, 2.24) is 4.90 Å². The van der Waals surface area contributed by atoms with E-state index in [0.29, 0.717) is 11.7 Å². The van der Waals surface area contributed by atoms with Crippen LogP contribution in [0, 0.1) is 5.92 Å². The Morgan fingerprint density at radius 3 is 2.05 bits per heavy atom. The number of nitrogens with zero attached hydrogens (tertiary/aromatic N) is 1. The van der Waals surface area contributed by atoms with Crippen molar-refractivity contribution in [2.24, 2.45) is 5.92 Å². The molecule has 0 N–H and O–H groups in total. The fourth-order valence-corrected chi connectivity index (χ4v) is 3.59. The van der Waals surface area contributed by atoms with Crippen LogP contribution in [0.3, 0.4) is 0 Å². The summed E-state index contributed by atoms with van der Waals surface area (Å²) in [4.78, 5) is 14.9. The number of hydrogen-bond acceptors (Lipinski definition) is 2. The Balaban J connectivity index is 1.81. The van der Waals surface area contributed by atoms with Crippen LogP contribution in [0.5, 0.6) is 0 Å². The maximum atomic E-state index is 12.4. The van der Waals surface area contributed by atoms with Gasteiger partial charge in [-0.1, -0.05) is 44.9 Å². The van der Waals surface area contributed by atoms with Crippen molar-refractivity contribution >= 4 is 5.78 Å². The lowest BCUT2D eigenvalue weighted by Crippen LogP contribution is -2.31. The number of hydrogen-bond donors (Lipinski definition) is 0. The highest BCUT2D eigenvalue weighted by atomic mass is 16.1. The third kappa shape index (κ3) is 5.64. The first kappa shape index (κ1) is 15.0. The van der Waals surface area contributed by atoms with Crippen LogP contribution in [-0.2, 0) is 4.79 Å². The van der Waals surface area contributed by atoms with Crippen molar-refractivity contribution < 1.29 is 4.79 Å². The van der Waals surface area contributed by atoms with Crippen LogP contribution in [0.15, 0.2) is 0 Å². The molecule has 1 saturated carbocycles. The third-order valence-electron chi connectivity index (χ3n) is 4.86. The zero-order valence-corrected chi connectivity index (χ0v) is 12.5. The maximum Gasteiger partial charge on any atom is 0.137 e. The van der Waals surface area contributed by atoms with Crippen LogP contribution >= 0.6 is 0 Å². The van der Waals surface area contributed by atoms with Gasteiger partial charge in [-0.3, -0.25) is 4.79 Å². The molecule has 1 atom stereocenters. The standard InChI is InChI=1S/C17H31NO/c19-17-12-8-6-4-2-1-3-5-7-11-16(17)15-18-13-9-10-14-18/h16H,1-15H2/t16-/m0/s1. The normalized spacial score (nSPS) is 28.8. The monoisotopic (exact) mass is 265 g/mol. The lowest BCUT2D eigenvalue weighted by molar-refractivity contribution is -0.123. The van der Waals surface area contributed by atoms with E-state index >= 15 is 0 Å². The van der Waals surface area contributed by atoms with Gasteiger partial charge in [-0.15, -0.1) is 0 Å². The predicted molar refractivity (Wildman–Crippen MR) is 80.3 cm³/mol. The highest BCUT2D eigenvalue weighted by molar-refractivity contribution is 5.81. The average molecular weight is 265 g/mol. The molecule has 0 aromatic heterocycles. The highest BCUT2D eigenvalue weighted by Crippen LogP contribution is 2.21. The summed E-state index contributed by atoms with van der Waals surface area (Å²) in [5.41, 5.74) is 0. The number of likely N-dealkylation sites (tertiary alicyclic amines) is 1. The second-order valence-electron chi connectivity index (χ2n) is 6.54. The first-order valence-corrected chi connectivity index (χ1v) is 8.61. The smallest absolute Gasteiger partial charge is 0.137 e. The van der Waals surface area contributed by atoms with E-state index in [0.717, 1.165) is 25.8 Å². The molecule has 2 fully saturated rings. The van der Waals surface area contributed by atoms with Gasteiger partial charge in [-0.25, -0.2) is 0 Å². The Morgan fingerprint density at radius 1 is 0.789 bits per heavy atom. The van der Waals surface area contributed by atoms with Gasteiger partial charge in [-0.05, 0) is 38.8 Å². The van der Waals surface area contributed by atoms with E-state index < -0.39 is 0 Å². The van der Waals surface area contributed by atoms with E-state index in [9.17, 15) is 4.79 Å². The molecule has 2 aliphatic rings. The van der Waals surface area contributed by atoms with Gasteiger partial charge in [0.05, 0.1) is 0 Å². The van der Waals surface area contributed by atoms with Crippen molar-refractivity contribution in [2.75, 3.05) is 19.6 Å². The number of carbonyl (C=O) groups is 1. The summed E-state index contributed by atoms with van der Waals surface area (Å²) in [6.07, 6.45) is 15.2. The molecule has 2 heteroatoms. The average Bonchev–Trinajstić information content (AvgIpc) is 2.90. The predicted octanol–water partition coefficient (Wildman–Crippen LogP) is 4.18. The molecule has 0 spiro atoms. The summed E-state index contributed by atoms with van der Waals surface area (Å²) in [6, 6.07) is 0. The van der Waals surface area contributed by atoms with Gasteiger partial charge in [-0.2, -0.15) is 0 Å². The Hall–Kier alpha value is -0.370. The lowest BCUT2D eigenvalue weighted by Gasteiger charge is -2.23. The minimum absolute atomic E-state index is 0.345. The molecule has 1 aliphatic heterocycles. The molecule has 1 aliphatic carbocycles. The van der Waals surface area contributed by atoms with Gasteiger partial charge in [0.15, 0.2) is 0 Å². The van der Waals surface area contributed by atoms with Gasteiger partial charge < -0.3 is 4.90 Å². The molecule has 2 nitrogen and oxygen atoms in total. The van der Waals surface area contributed by atoms with Crippen molar-refractivity contribution in [3.05, 3.63) is 0 Å². The van der Waals surface area contributed by atoms with Crippen LogP contribution in [0.1, 0.15) is 77.0 Å². The Labute approximate surface area is 118 Å². The van der Waals surface area contributed by atoms with E-state index in [1.165, 1.54) is 70.9 Å². The van der Waals surface area contributed by atoms with Crippen LogP contribution in [0.2, 0.25) is 0 Å². The van der Waals surface area contributed by atoms with Gasteiger partial charge in [0.25, 0.3) is 0 Å². The van der Waals surface area contributed by atoms with E-state index in [1.54, 1.807) is 0 Å². The van der Waals surface area contributed by atoms with Gasteiger partial charge >= 0.3 is 0 Å². The first-order valence-electron chi connectivity index (χ1n) is 8.61. The fraction of sp³-hybridized carbons (Fsp3) is 0.941. The molecule has 0 aromatic carbocycles. The van der Waals surface area contributed by atoms with E-state index in [1.807, 2.05) is 0 Å². The highest BCUT2D eigenvalue weighted by Gasteiger charge is 2.22. The summed E-state index contributed by atoms with van der Waals surface area (Å²) >= 11 is 0. The molecule has 0 bridgehead atoms. The Kier molecular flexibility index (Phi) is 6.91. The molecule has 1 saturated heterocycles. The number of ketones is 1. The van der Waals surface area contributed by atoms with Crippen LogP contribution in [0.25, 0.3) is 0 Å². The quantitative estimate of drug-likeness (QED) is 0.746. The number of Topliss-reactive ketones (excluding diaryl/α,β-unsaturated/α-hetero) is 1. The first-order chi connectivity index (χ1) is 9.36. The summed E-state index contributed by atoms with van der Waals surface area (Å²) in [6.45, 7) is 3.51. The summed E-state index contributed by atoms with van der Waals surface area (Å²) in [7, 11) is 0. The largest absolute Gasteiger partial charge is 0.303 e. The summed E-state index contributed by atoms with van der Waals surface area (Å²) < 4.78 is 0. The second kappa shape index (κ2) is 8.73. The minimum Gasteiger partial charge on any atom is -0.303 e. The molecule has 110 valence electrons. The molecule has 2 rings (SSSR count). The molecular weight excluding hydrogens is 234 g/mol. The zero-order chi connectivity index (χ0) is 13.3. The molecule has 19 heavy (non-hydrogen) atoms. The molecule has 0 aromatic rings. The Morgan fingerprint density at radius 2 is 1.37 bits per heavy atom. The molecular formula is C17H31NO. The van der Waals surface area contributed by atoms with Crippen molar-refractivity contribution in [3.8, 4) is 0 Å². The lowest BCUT2D eigenvalue weighted by atomic mass is 9.91. The van der Waals surface area contributed by atoms with Gasteiger partial charge in [0.1, 0.15) is 5.78 Å². The van der Waals surface area contributed by atoms with Crippen molar-refractivity contribution in [2.45, 2.75) is 77.0 Å². The van der Waals surface area contributed by atoms with E-state index in [2.05, 4.69) is 4.90 Å². The summed E-state index contributed by atoms with van der Waals surface area (Å²) in [5.74, 6) is 0.907. The van der Waals surface area contributed by atoms with Gasteiger partial charge in [0.2, 0.25) is 0 Å². The fourth-order valence-electron chi connectivity index (χ4n) is 3.59. The molecule has 0 radical (unpaired) electrons. The van der Waals surface area contributed by atoms with E-state index in [-0.39, 0.29) is 0 Å². The number of rotatable bonds is 2. The van der Waals surface area contributed by atoms with Crippen LogP contribution < -0.4 is 0 Å². The maximum absolute atomic E-state index is 12.4. The third-order valence-corrected chi connectivity index (χ3v) is 4.86. The van der Waals surface area contributed by atoms with Gasteiger partial charge in [0, 0.05) is 18.9 Å². The van der Waals surface area contributed by atoms with Crippen molar-refractivity contribution in [1.29, 1.82) is 0 Å². The van der Waals surface area contributed by atoms with Crippen molar-refractivity contribution in [3.63, 3.8) is 0 Å². The summed E-state index contributed by atoms with van der Waals surface area (Å²) in [5, 5.41) is 0. The second-order valence-corrected chi connectivity index (χ2v) is 6.54. The SMILES string of the molecule is O=C1CCCCCCCCCC[C@H]1CN1CCCC1. The molecule has 0 amide bonds. The Bertz CT molecular complexity index is 258. The topological polar surface area (TPSA) is 20.3 Å². The van der Waals surface area contributed by atoms with E-state index in [4.69, 9.17) is 0 Å². The zero-order valence-electron chi connectivity index (χ0n) is 12.5.